The van der Waals surface area contributed by atoms with Gasteiger partial charge in [0, 0.05) is 31.8 Å². The number of halogens is 2. The summed E-state index contributed by atoms with van der Waals surface area (Å²) >= 11 is 11.2. The number of pyridine rings is 2. The minimum atomic E-state index is -0.585. The molecular weight excluding hydrogens is 447 g/mol. The summed E-state index contributed by atoms with van der Waals surface area (Å²) in [5.41, 5.74) is 7.71. The van der Waals surface area contributed by atoms with Gasteiger partial charge in [0.15, 0.2) is 0 Å². The lowest BCUT2D eigenvalue weighted by atomic mass is 10.1. The van der Waals surface area contributed by atoms with Crippen molar-refractivity contribution >= 4 is 23.2 Å². The van der Waals surface area contributed by atoms with Gasteiger partial charge in [-0.3, -0.25) is 20.2 Å². The predicted octanol–water partition coefficient (Wildman–Crippen LogP) is 3.53. The fourth-order valence-corrected chi connectivity index (χ4v) is 2.37. The van der Waals surface area contributed by atoms with E-state index in [2.05, 4.69) is 21.9 Å². The summed E-state index contributed by atoms with van der Waals surface area (Å²) < 4.78 is 0. The third kappa shape index (κ3) is 11.9. The zero-order valence-corrected chi connectivity index (χ0v) is 17.8. The van der Waals surface area contributed by atoms with E-state index in [0.29, 0.717) is 35.4 Å². The highest BCUT2D eigenvalue weighted by atomic mass is 35.5. The third-order valence-corrected chi connectivity index (χ3v) is 3.83. The van der Waals surface area contributed by atoms with Crippen LogP contribution in [0.25, 0.3) is 0 Å². The Bertz CT molecular complexity index is 947. The van der Waals surface area contributed by atoms with Gasteiger partial charge >= 0.3 is 0 Å². The smallest absolute Gasteiger partial charge is 0.253 e. The summed E-state index contributed by atoms with van der Waals surface area (Å²) in [5.74, 6) is 0. The standard InChI is InChI=1S/C11H12ClN3O2.C8H8ClN3O2/c1-2-5-13-10(8-15(16)17)6-9-3-4-11(12)14-7-9;9-8-2-1-6(4-11-8)3-7(10)5-12(13)14/h2-4,7-8,13H,1,5-6H2;1-2,4-5H,3,10H2/b10-8-;7-5-. The molecule has 0 saturated heterocycles. The van der Waals surface area contributed by atoms with Crippen LogP contribution in [0.15, 0.2) is 73.1 Å². The van der Waals surface area contributed by atoms with E-state index in [1.54, 1.807) is 36.5 Å². The molecule has 0 aromatic carbocycles. The molecule has 31 heavy (non-hydrogen) atoms. The van der Waals surface area contributed by atoms with Crippen molar-refractivity contribution in [3.63, 3.8) is 0 Å². The third-order valence-electron chi connectivity index (χ3n) is 3.39. The number of nitrogens with zero attached hydrogens (tertiary/aromatic N) is 4. The van der Waals surface area contributed by atoms with E-state index in [-0.39, 0.29) is 5.70 Å². The quantitative estimate of drug-likeness (QED) is 0.246. The molecular formula is C19H20Cl2N6O4. The monoisotopic (exact) mass is 466 g/mol. The van der Waals surface area contributed by atoms with Crippen molar-refractivity contribution in [2.24, 2.45) is 5.73 Å². The molecule has 2 rings (SSSR count). The van der Waals surface area contributed by atoms with Crippen molar-refractivity contribution in [3.8, 4) is 0 Å². The van der Waals surface area contributed by atoms with E-state index in [1.165, 1.54) is 6.20 Å². The SMILES string of the molecule is C=CCN/C(=C\[N+](=O)[O-])Cc1ccc(Cl)nc1.N/C(=C\[N+](=O)[O-])Cc1ccc(Cl)nc1. The van der Waals surface area contributed by atoms with Crippen LogP contribution in [0.1, 0.15) is 11.1 Å². The number of nitrogens with one attached hydrogen (secondary N) is 1. The Balaban J connectivity index is 0.000000316. The second-order valence-electron chi connectivity index (χ2n) is 5.93. The molecule has 2 aromatic rings. The lowest BCUT2D eigenvalue weighted by Crippen LogP contribution is -2.16. The van der Waals surface area contributed by atoms with Crippen molar-refractivity contribution in [2.75, 3.05) is 6.54 Å². The summed E-state index contributed by atoms with van der Waals surface area (Å²) in [5, 5.41) is 24.2. The molecule has 0 amide bonds. The van der Waals surface area contributed by atoms with Crippen LogP contribution in [-0.2, 0) is 12.8 Å². The average molecular weight is 467 g/mol. The van der Waals surface area contributed by atoms with E-state index in [1.807, 2.05) is 0 Å². The Morgan fingerprint density at radius 1 is 1.00 bits per heavy atom. The normalized spacial score (nSPS) is 11.2. The first-order valence-corrected chi connectivity index (χ1v) is 9.44. The van der Waals surface area contributed by atoms with Gasteiger partial charge in [0.2, 0.25) is 0 Å². The van der Waals surface area contributed by atoms with Crippen LogP contribution in [0.2, 0.25) is 10.3 Å². The maximum absolute atomic E-state index is 10.4. The van der Waals surface area contributed by atoms with Crippen molar-refractivity contribution in [3.05, 3.63) is 115 Å². The molecule has 0 aliphatic carbocycles. The molecule has 0 aliphatic rings. The van der Waals surface area contributed by atoms with Crippen LogP contribution in [0, 0.1) is 20.2 Å². The summed E-state index contributed by atoms with van der Waals surface area (Å²) in [7, 11) is 0. The lowest BCUT2D eigenvalue weighted by molar-refractivity contribution is -0.403. The Labute approximate surface area is 188 Å². The number of hydrogen-bond donors (Lipinski definition) is 2. The van der Waals surface area contributed by atoms with Crippen molar-refractivity contribution in [2.45, 2.75) is 12.8 Å². The summed E-state index contributed by atoms with van der Waals surface area (Å²) in [6.45, 7) is 4.01. The van der Waals surface area contributed by atoms with E-state index >= 15 is 0 Å². The van der Waals surface area contributed by atoms with Crippen LogP contribution >= 0.6 is 23.2 Å². The van der Waals surface area contributed by atoms with Gasteiger partial charge < -0.3 is 11.1 Å². The maximum atomic E-state index is 10.4. The molecule has 2 heterocycles. The molecule has 10 nitrogen and oxygen atoms in total. The Morgan fingerprint density at radius 3 is 1.94 bits per heavy atom. The highest BCUT2D eigenvalue weighted by Crippen LogP contribution is 2.09. The molecule has 3 N–H and O–H groups in total. The molecule has 164 valence electrons. The van der Waals surface area contributed by atoms with Crippen LogP contribution in [-0.4, -0.2) is 26.4 Å². The first-order valence-electron chi connectivity index (χ1n) is 8.69. The molecule has 12 heteroatoms. The summed E-state index contributed by atoms with van der Waals surface area (Å²) in [6.07, 6.45) is 7.17. The van der Waals surface area contributed by atoms with Gasteiger partial charge in [-0.1, -0.05) is 41.4 Å². The first-order chi connectivity index (χ1) is 14.7. The molecule has 0 bridgehead atoms. The van der Waals surface area contributed by atoms with Gasteiger partial charge in [0.1, 0.15) is 10.3 Å². The number of hydrogen-bond acceptors (Lipinski definition) is 8. The molecule has 0 unspecified atom stereocenters. The van der Waals surface area contributed by atoms with E-state index in [0.717, 1.165) is 23.5 Å². The molecule has 0 saturated carbocycles. The molecule has 2 aromatic heterocycles. The molecule has 0 radical (unpaired) electrons. The first kappa shape index (κ1) is 25.5. The number of nitro groups is 2. The van der Waals surface area contributed by atoms with Gasteiger partial charge in [-0.25, -0.2) is 9.97 Å². The molecule has 0 aliphatic heterocycles. The zero-order chi connectivity index (χ0) is 23.2. The van der Waals surface area contributed by atoms with Gasteiger partial charge in [0.05, 0.1) is 21.2 Å². The summed E-state index contributed by atoms with van der Waals surface area (Å²) in [6, 6.07) is 6.75. The van der Waals surface area contributed by atoms with Crippen LogP contribution in [0.4, 0.5) is 0 Å². The molecule has 0 spiro atoms. The highest BCUT2D eigenvalue weighted by molar-refractivity contribution is 6.29. The Kier molecular flexibility index (Phi) is 11.3. The summed E-state index contributed by atoms with van der Waals surface area (Å²) in [4.78, 5) is 27.2. The van der Waals surface area contributed by atoms with Gasteiger partial charge in [0.25, 0.3) is 12.4 Å². The molecule has 0 atom stereocenters. The van der Waals surface area contributed by atoms with E-state index in [4.69, 9.17) is 28.9 Å². The average Bonchev–Trinajstić information content (AvgIpc) is 2.69. The minimum Gasteiger partial charge on any atom is -0.397 e. The maximum Gasteiger partial charge on any atom is 0.253 e. The van der Waals surface area contributed by atoms with Crippen molar-refractivity contribution in [1.29, 1.82) is 0 Å². The topological polar surface area (TPSA) is 150 Å². The molecule has 0 fully saturated rings. The minimum absolute atomic E-state index is 0.180. The highest BCUT2D eigenvalue weighted by Gasteiger charge is 2.04. The number of aromatic nitrogens is 2. The second kappa shape index (κ2) is 13.7. The van der Waals surface area contributed by atoms with Gasteiger partial charge in [-0.2, -0.15) is 0 Å². The van der Waals surface area contributed by atoms with E-state index < -0.39 is 9.85 Å². The number of nitrogens with two attached hydrogens (primary N) is 1. The van der Waals surface area contributed by atoms with Gasteiger partial charge in [-0.05, 0) is 23.3 Å². The van der Waals surface area contributed by atoms with Crippen LogP contribution in [0.3, 0.4) is 0 Å². The van der Waals surface area contributed by atoms with Crippen LogP contribution in [0.5, 0.6) is 0 Å². The largest absolute Gasteiger partial charge is 0.397 e. The fraction of sp³-hybridized carbons (Fsp3) is 0.158. The second-order valence-corrected chi connectivity index (χ2v) is 6.71. The zero-order valence-electron chi connectivity index (χ0n) is 16.3. The Hall–Kier alpha value is -3.50. The number of allylic oxidation sites excluding steroid dienone is 2. The van der Waals surface area contributed by atoms with Crippen molar-refractivity contribution < 1.29 is 9.85 Å². The van der Waals surface area contributed by atoms with Crippen LogP contribution < -0.4 is 11.1 Å². The van der Waals surface area contributed by atoms with Crippen molar-refractivity contribution in [1.82, 2.24) is 15.3 Å². The van der Waals surface area contributed by atoms with Gasteiger partial charge in [-0.15, -0.1) is 6.58 Å². The fourth-order valence-electron chi connectivity index (χ4n) is 2.14. The lowest BCUT2D eigenvalue weighted by Gasteiger charge is -2.06. The van der Waals surface area contributed by atoms with E-state index in [9.17, 15) is 20.2 Å². The Morgan fingerprint density at radius 2 is 1.52 bits per heavy atom. The number of rotatable bonds is 9. The predicted molar refractivity (Wildman–Crippen MR) is 118 cm³/mol.